The highest BCUT2D eigenvalue weighted by atomic mass is 19.1. The van der Waals surface area contributed by atoms with Gasteiger partial charge in [-0.25, -0.2) is 4.39 Å². The lowest BCUT2D eigenvalue weighted by Gasteiger charge is -2.36. The molecule has 0 unspecified atom stereocenters. The standard InChI is InChI=1S/C19H20FNO4/c1-24-18-8-14(9-21-10-15(11-21)19(22)23)4-7-17(18)25-12-13-2-5-16(20)6-3-13/h2-8,15H,9-12H2,1H3,(H,22,23). The Kier molecular flexibility index (Phi) is 5.19. The van der Waals surface area contributed by atoms with Crippen LogP contribution in [-0.4, -0.2) is 36.2 Å². The molecular weight excluding hydrogens is 325 g/mol. The summed E-state index contributed by atoms with van der Waals surface area (Å²) >= 11 is 0. The van der Waals surface area contributed by atoms with Gasteiger partial charge < -0.3 is 14.6 Å². The molecular formula is C19H20FNO4. The van der Waals surface area contributed by atoms with Crippen LogP contribution >= 0.6 is 0 Å². The summed E-state index contributed by atoms with van der Waals surface area (Å²) in [6.07, 6.45) is 0. The first-order chi connectivity index (χ1) is 12.0. The van der Waals surface area contributed by atoms with Crippen molar-refractivity contribution in [1.82, 2.24) is 4.90 Å². The third-order valence-corrected chi connectivity index (χ3v) is 4.25. The number of likely N-dealkylation sites (tertiary alicyclic amines) is 1. The Balaban J connectivity index is 1.59. The second-order valence-corrected chi connectivity index (χ2v) is 6.13. The maximum atomic E-state index is 12.9. The SMILES string of the molecule is COc1cc(CN2CC(C(=O)O)C2)ccc1OCc1ccc(F)cc1. The van der Waals surface area contributed by atoms with Crippen molar-refractivity contribution in [1.29, 1.82) is 0 Å². The number of hydrogen-bond acceptors (Lipinski definition) is 4. The number of nitrogens with zero attached hydrogens (tertiary/aromatic N) is 1. The second kappa shape index (κ2) is 7.53. The minimum Gasteiger partial charge on any atom is -0.493 e. The van der Waals surface area contributed by atoms with Crippen molar-refractivity contribution in [2.24, 2.45) is 5.92 Å². The van der Waals surface area contributed by atoms with Crippen LogP contribution in [-0.2, 0) is 17.9 Å². The monoisotopic (exact) mass is 345 g/mol. The normalized spacial score (nSPS) is 14.8. The van der Waals surface area contributed by atoms with Gasteiger partial charge in [-0.1, -0.05) is 18.2 Å². The molecule has 0 spiro atoms. The van der Waals surface area contributed by atoms with E-state index in [9.17, 15) is 9.18 Å². The van der Waals surface area contributed by atoms with E-state index in [-0.39, 0.29) is 11.7 Å². The molecule has 2 aromatic carbocycles. The Morgan fingerprint density at radius 3 is 2.48 bits per heavy atom. The lowest BCUT2D eigenvalue weighted by molar-refractivity contribution is -0.147. The van der Waals surface area contributed by atoms with Crippen molar-refractivity contribution < 1.29 is 23.8 Å². The molecule has 1 fully saturated rings. The van der Waals surface area contributed by atoms with Gasteiger partial charge in [0.15, 0.2) is 11.5 Å². The molecule has 0 amide bonds. The Hall–Kier alpha value is -2.60. The van der Waals surface area contributed by atoms with E-state index in [1.54, 1.807) is 19.2 Å². The van der Waals surface area contributed by atoms with E-state index in [1.165, 1.54) is 12.1 Å². The van der Waals surface area contributed by atoms with E-state index >= 15 is 0 Å². The number of hydrogen-bond donors (Lipinski definition) is 1. The Morgan fingerprint density at radius 2 is 1.84 bits per heavy atom. The third-order valence-electron chi connectivity index (χ3n) is 4.25. The summed E-state index contributed by atoms with van der Waals surface area (Å²) in [6.45, 7) is 2.14. The van der Waals surface area contributed by atoms with Gasteiger partial charge in [0.05, 0.1) is 13.0 Å². The first-order valence-corrected chi connectivity index (χ1v) is 8.04. The predicted octanol–water partition coefficient (Wildman–Crippen LogP) is 2.93. The zero-order valence-corrected chi connectivity index (χ0v) is 13.9. The van der Waals surface area contributed by atoms with E-state index in [2.05, 4.69) is 4.90 Å². The van der Waals surface area contributed by atoms with Gasteiger partial charge in [-0.05, 0) is 35.4 Å². The molecule has 1 aliphatic rings. The maximum Gasteiger partial charge on any atom is 0.309 e. The molecule has 0 saturated carbocycles. The summed E-state index contributed by atoms with van der Waals surface area (Å²) in [6, 6.07) is 11.8. The molecule has 1 heterocycles. The minimum absolute atomic E-state index is 0.264. The number of halogens is 1. The number of aliphatic carboxylic acids is 1. The second-order valence-electron chi connectivity index (χ2n) is 6.13. The van der Waals surface area contributed by atoms with Gasteiger partial charge in [0.1, 0.15) is 12.4 Å². The first-order valence-electron chi connectivity index (χ1n) is 8.04. The predicted molar refractivity (Wildman–Crippen MR) is 90.1 cm³/mol. The number of benzene rings is 2. The molecule has 3 rings (SSSR count). The third kappa shape index (κ3) is 4.28. The fourth-order valence-corrected chi connectivity index (χ4v) is 2.78. The topological polar surface area (TPSA) is 59.0 Å². The average Bonchev–Trinajstić information content (AvgIpc) is 2.57. The molecule has 1 aliphatic heterocycles. The molecule has 5 nitrogen and oxygen atoms in total. The smallest absolute Gasteiger partial charge is 0.309 e. The molecule has 25 heavy (non-hydrogen) atoms. The van der Waals surface area contributed by atoms with Crippen LogP contribution in [0.5, 0.6) is 11.5 Å². The Bertz CT molecular complexity index is 742. The van der Waals surface area contributed by atoms with Crippen LogP contribution in [0.3, 0.4) is 0 Å². The fraction of sp³-hybridized carbons (Fsp3) is 0.316. The van der Waals surface area contributed by atoms with E-state index in [0.717, 1.165) is 11.1 Å². The molecule has 0 radical (unpaired) electrons. The summed E-state index contributed by atoms with van der Waals surface area (Å²) in [4.78, 5) is 12.9. The lowest BCUT2D eigenvalue weighted by atomic mass is 9.99. The number of rotatable bonds is 7. The van der Waals surface area contributed by atoms with Gasteiger partial charge in [-0.3, -0.25) is 9.69 Å². The van der Waals surface area contributed by atoms with Crippen molar-refractivity contribution >= 4 is 5.97 Å². The molecule has 0 atom stereocenters. The zero-order valence-electron chi connectivity index (χ0n) is 13.9. The van der Waals surface area contributed by atoms with Gasteiger partial charge >= 0.3 is 5.97 Å². The van der Waals surface area contributed by atoms with Gasteiger partial charge in [0, 0.05) is 19.6 Å². The highest BCUT2D eigenvalue weighted by molar-refractivity contribution is 5.71. The van der Waals surface area contributed by atoms with Crippen molar-refractivity contribution in [3.05, 3.63) is 59.4 Å². The Morgan fingerprint density at radius 1 is 1.16 bits per heavy atom. The Labute approximate surface area is 145 Å². The average molecular weight is 345 g/mol. The molecule has 6 heteroatoms. The van der Waals surface area contributed by atoms with Crippen LogP contribution in [0.4, 0.5) is 4.39 Å². The highest BCUT2D eigenvalue weighted by Gasteiger charge is 2.32. The van der Waals surface area contributed by atoms with Gasteiger partial charge in [-0.15, -0.1) is 0 Å². The number of ether oxygens (including phenoxy) is 2. The molecule has 1 N–H and O–H groups in total. The molecule has 1 saturated heterocycles. The quantitative estimate of drug-likeness (QED) is 0.836. The highest BCUT2D eigenvalue weighted by Crippen LogP contribution is 2.30. The van der Waals surface area contributed by atoms with Crippen LogP contribution in [0.1, 0.15) is 11.1 Å². The molecule has 2 aromatic rings. The number of carboxylic acids is 1. The van der Waals surface area contributed by atoms with Crippen molar-refractivity contribution in [3.63, 3.8) is 0 Å². The van der Waals surface area contributed by atoms with Crippen LogP contribution in [0.15, 0.2) is 42.5 Å². The fourth-order valence-electron chi connectivity index (χ4n) is 2.78. The summed E-state index contributed by atoms with van der Waals surface area (Å²) in [5.74, 6) is -0.0436. The molecule has 0 aromatic heterocycles. The van der Waals surface area contributed by atoms with Crippen LogP contribution < -0.4 is 9.47 Å². The van der Waals surface area contributed by atoms with Gasteiger partial charge in [0.2, 0.25) is 0 Å². The van der Waals surface area contributed by atoms with E-state index in [4.69, 9.17) is 14.6 Å². The van der Waals surface area contributed by atoms with E-state index in [0.29, 0.717) is 37.7 Å². The molecule has 0 bridgehead atoms. The minimum atomic E-state index is -0.738. The zero-order chi connectivity index (χ0) is 17.8. The van der Waals surface area contributed by atoms with Crippen molar-refractivity contribution in [2.75, 3.05) is 20.2 Å². The maximum absolute atomic E-state index is 12.9. The molecule has 132 valence electrons. The first kappa shape index (κ1) is 17.2. The summed E-state index contributed by atoms with van der Waals surface area (Å²) in [5.41, 5.74) is 1.91. The number of methoxy groups -OCH3 is 1. The summed E-state index contributed by atoms with van der Waals surface area (Å²) < 4.78 is 24.1. The van der Waals surface area contributed by atoms with Crippen molar-refractivity contribution in [3.8, 4) is 11.5 Å². The van der Waals surface area contributed by atoms with Crippen LogP contribution in [0.2, 0.25) is 0 Å². The number of carboxylic acid groups (broad SMARTS) is 1. The van der Waals surface area contributed by atoms with Gasteiger partial charge in [-0.2, -0.15) is 0 Å². The van der Waals surface area contributed by atoms with Crippen LogP contribution in [0, 0.1) is 11.7 Å². The van der Waals surface area contributed by atoms with E-state index < -0.39 is 5.97 Å². The summed E-state index contributed by atoms with van der Waals surface area (Å²) in [7, 11) is 1.58. The summed E-state index contributed by atoms with van der Waals surface area (Å²) in [5, 5.41) is 8.92. The number of carbonyl (C=O) groups is 1. The van der Waals surface area contributed by atoms with Crippen molar-refractivity contribution in [2.45, 2.75) is 13.2 Å². The van der Waals surface area contributed by atoms with Crippen LogP contribution in [0.25, 0.3) is 0 Å². The van der Waals surface area contributed by atoms with E-state index in [1.807, 2.05) is 18.2 Å². The lowest BCUT2D eigenvalue weighted by Crippen LogP contribution is -2.49. The molecule has 0 aliphatic carbocycles. The largest absolute Gasteiger partial charge is 0.493 e. The van der Waals surface area contributed by atoms with Gasteiger partial charge in [0.25, 0.3) is 0 Å².